The van der Waals surface area contributed by atoms with Crippen molar-refractivity contribution in [3.63, 3.8) is 0 Å². The van der Waals surface area contributed by atoms with Gasteiger partial charge in [0.1, 0.15) is 11.5 Å². The zero-order valence-corrected chi connectivity index (χ0v) is 23.5. The van der Waals surface area contributed by atoms with E-state index in [1.54, 1.807) is 6.92 Å². The molecule has 7 heteroatoms. The molecule has 2 unspecified atom stereocenters. The van der Waals surface area contributed by atoms with Crippen LogP contribution >= 0.6 is 0 Å². The topological polar surface area (TPSA) is 87.7 Å². The van der Waals surface area contributed by atoms with E-state index in [1.165, 1.54) is 23.8 Å². The van der Waals surface area contributed by atoms with Crippen molar-refractivity contribution in [2.75, 3.05) is 10.6 Å². The fraction of sp³-hybridized carbons (Fsp3) is 0.533. The van der Waals surface area contributed by atoms with Crippen LogP contribution in [-0.2, 0) is 20.4 Å². The third-order valence-electron chi connectivity index (χ3n) is 7.29. The second-order valence-corrected chi connectivity index (χ2v) is 10.8. The highest BCUT2D eigenvalue weighted by Crippen LogP contribution is 2.39. The Morgan fingerprint density at radius 1 is 0.865 bits per heavy atom. The van der Waals surface area contributed by atoms with E-state index in [2.05, 4.69) is 64.3 Å². The molecule has 0 bridgehead atoms. The summed E-state index contributed by atoms with van der Waals surface area (Å²) in [5.41, 5.74) is 2.59. The second-order valence-electron chi connectivity index (χ2n) is 10.8. The predicted octanol–water partition coefficient (Wildman–Crippen LogP) is 7.25. The molecule has 2 aromatic rings. The van der Waals surface area contributed by atoms with Gasteiger partial charge in [-0.1, -0.05) is 67.5 Å². The van der Waals surface area contributed by atoms with E-state index in [0.717, 1.165) is 18.4 Å². The van der Waals surface area contributed by atoms with Crippen LogP contribution in [-0.4, -0.2) is 29.2 Å². The minimum absolute atomic E-state index is 0.0143. The molecule has 0 radical (unpaired) electrons. The molecule has 0 aliphatic carbocycles. The highest BCUT2D eigenvalue weighted by atomic mass is 19.1. The van der Waals surface area contributed by atoms with Crippen molar-refractivity contribution in [2.24, 2.45) is 0 Å². The number of rotatable bonds is 12. The Kier molecular flexibility index (Phi) is 10.1. The number of phenolic OH excluding ortho intramolecular Hbond substituents is 1. The molecule has 6 nitrogen and oxygen atoms in total. The number of aromatic hydroxyl groups is 1. The average Bonchev–Trinajstić information content (AvgIpc) is 2.85. The van der Waals surface area contributed by atoms with E-state index in [4.69, 9.17) is 4.74 Å². The summed E-state index contributed by atoms with van der Waals surface area (Å²) in [7, 11) is 0. The lowest BCUT2D eigenvalue weighted by atomic mass is 9.76. The van der Waals surface area contributed by atoms with Crippen molar-refractivity contribution < 1.29 is 23.8 Å². The largest absolute Gasteiger partial charge is 0.508 e. The second kappa shape index (κ2) is 12.4. The van der Waals surface area contributed by atoms with Crippen LogP contribution < -0.4 is 15.4 Å². The molecular weight excluding hydrogens is 471 g/mol. The van der Waals surface area contributed by atoms with E-state index in [0.29, 0.717) is 12.2 Å². The average molecular weight is 515 g/mol. The quantitative estimate of drug-likeness (QED) is 0.278. The number of hydrogen-bond donors (Lipinski definition) is 3. The van der Waals surface area contributed by atoms with Crippen LogP contribution in [0.25, 0.3) is 0 Å². The van der Waals surface area contributed by atoms with Gasteiger partial charge in [-0.25, -0.2) is 4.39 Å². The number of carbonyl (C=O) groups is 2. The summed E-state index contributed by atoms with van der Waals surface area (Å²) in [5, 5.41) is 15.3. The molecular formula is C30H43FN2O4. The number of anilines is 2. The van der Waals surface area contributed by atoms with Gasteiger partial charge in [0.05, 0.1) is 0 Å². The Morgan fingerprint density at radius 3 is 1.95 bits per heavy atom. The number of carbonyl (C=O) groups excluding carboxylic acids is 2. The monoisotopic (exact) mass is 514 g/mol. The van der Waals surface area contributed by atoms with Crippen molar-refractivity contribution in [2.45, 2.75) is 104 Å². The Bertz CT molecular complexity index is 1100. The standard InChI is InChI=1S/C30H43FN2O4/c1-9-24(31)27(35)32-20-16-21(18-22(34)17-20)33-28(36)25(10-2)37-26-14-13-19(29(5,6)11-3)15-23(26)30(7,8)12-4/h13-18,24-25,34H,9-12H2,1-8H3,(H,32,35)(H,33,36). The van der Waals surface area contributed by atoms with Gasteiger partial charge < -0.3 is 20.5 Å². The number of hydrogen-bond acceptors (Lipinski definition) is 4. The van der Waals surface area contributed by atoms with Gasteiger partial charge in [0.25, 0.3) is 11.8 Å². The molecule has 0 saturated heterocycles. The molecule has 0 aliphatic heterocycles. The van der Waals surface area contributed by atoms with Crippen LogP contribution in [0.1, 0.15) is 92.2 Å². The Morgan fingerprint density at radius 2 is 1.43 bits per heavy atom. The minimum atomic E-state index is -1.66. The van der Waals surface area contributed by atoms with E-state index in [9.17, 15) is 19.1 Å². The molecule has 37 heavy (non-hydrogen) atoms. The number of ether oxygens (including phenoxy) is 1. The highest BCUT2D eigenvalue weighted by molar-refractivity contribution is 5.97. The predicted molar refractivity (Wildman–Crippen MR) is 148 cm³/mol. The van der Waals surface area contributed by atoms with Crippen LogP contribution in [0.2, 0.25) is 0 Å². The molecule has 204 valence electrons. The van der Waals surface area contributed by atoms with Crippen LogP contribution in [0.15, 0.2) is 36.4 Å². The number of benzene rings is 2. The van der Waals surface area contributed by atoms with Crippen LogP contribution in [0.5, 0.6) is 11.5 Å². The molecule has 0 spiro atoms. The van der Waals surface area contributed by atoms with E-state index < -0.39 is 18.2 Å². The number of alkyl halides is 1. The minimum Gasteiger partial charge on any atom is -0.508 e. The van der Waals surface area contributed by atoms with Crippen molar-refractivity contribution in [3.05, 3.63) is 47.5 Å². The van der Waals surface area contributed by atoms with Gasteiger partial charge >= 0.3 is 0 Å². The summed E-state index contributed by atoms with van der Waals surface area (Å²) in [6.07, 6.45) is -0.0882. The van der Waals surface area contributed by atoms with Crippen molar-refractivity contribution >= 4 is 23.2 Å². The zero-order valence-electron chi connectivity index (χ0n) is 23.5. The molecule has 0 fully saturated rings. The van der Waals surface area contributed by atoms with Gasteiger partial charge in [-0.2, -0.15) is 0 Å². The number of phenols is 1. The molecule has 0 aliphatic rings. The molecule has 2 atom stereocenters. The summed E-state index contributed by atoms with van der Waals surface area (Å²) < 4.78 is 20.0. The van der Waals surface area contributed by atoms with Gasteiger partial charge in [-0.15, -0.1) is 0 Å². The van der Waals surface area contributed by atoms with Crippen LogP contribution in [0, 0.1) is 0 Å². The fourth-order valence-electron chi connectivity index (χ4n) is 3.84. The maximum atomic E-state index is 13.7. The molecule has 3 N–H and O–H groups in total. The van der Waals surface area contributed by atoms with Gasteiger partial charge in [-0.3, -0.25) is 9.59 Å². The van der Waals surface area contributed by atoms with Gasteiger partial charge in [0.2, 0.25) is 0 Å². The molecule has 2 aromatic carbocycles. The fourth-order valence-corrected chi connectivity index (χ4v) is 3.84. The third kappa shape index (κ3) is 7.70. The first-order chi connectivity index (χ1) is 17.3. The number of nitrogens with one attached hydrogen (secondary N) is 2. The third-order valence-corrected chi connectivity index (χ3v) is 7.29. The first-order valence-corrected chi connectivity index (χ1v) is 13.2. The lowest BCUT2D eigenvalue weighted by Gasteiger charge is -2.31. The SMILES string of the molecule is CCC(F)C(=O)Nc1cc(O)cc(NC(=O)C(CC)Oc2ccc(C(C)(C)CC)cc2C(C)(C)CC)c1. The zero-order chi connectivity index (χ0) is 28.0. The van der Waals surface area contributed by atoms with E-state index in [1.807, 2.05) is 13.0 Å². The first-order valence-electron chi connectivity index (χ1n) is 13.2. The Balaban J connectivity index is 2.31. The normalized spacial score (nSPS) is 13.5. The lowest BCUT2D eigenvalue weighted by molar-refractivity contribution is -0.123. The smallest absolute Gasteiger partial charge is 0.265 e. The Hall–Kier alpha value is -3.09. The number of amides is 2. The van der Waals surface area contributed by atoms with Gasteiger partial charge in [0.15, 0.2) is 12.3 Å². The summed E-state index contributed by atoms with van der Waals surface area (Å²) in [5.74, 6) is -0.696. The first kappa shape index (κ1) is 30.1. The molecule has 2 amide bonds. The van der Waals surface area contributed by atoms with Crippen LogP contribution in [0.3, 0.4) is 0 Å². The summed E-state index contributed by atoms with van der Waals surface area (Å²) >= 11 is 0. The van der Waals surface area contributed by atoms with Gasteiger partial charge in [-0.05, 0) is 54.2 Å². The number of halogens is 1. The Labute approximate surface area is 221 Å². The summed E-state index contributed by atoms with van der Waals surface area (Å²) in [4.78, 5) is 25.1. The summed E-state index contributed by atoms with van der Waals surface area (Å²) in [6, 6.07) is 10.3. The van der Waals surface area contributed by atoms with E-state index >= 15 is 0 Å². The molecule has 0 heterocycles. The van der Waals surface area contributed by atoms with Crippen molar-refractivity contribution in [3.8, 4) is 11.5 Å². The summed E-state index contributed by atoms with van der Waals surface area (Å²) in [6.45, 7) is 16.5. The maximum absolute atomic E-state index is 13.7. The highest BCUT2D eigenvalue weighted by Gasteiger charge is 2.29. The van der Waals surface area contributed by atoms with Crippen molar-refractivity contribution in [1.82, 2.24) is 0 Å². The lowest BCUT2D eigenvalue weighted by Crippen LogP contribution is -2.33. The van der Waals surface area contributed by atoms with Crippen molar-refractivity contribution in [1.29, 1.82) is 0 Å². The van der Waals surface area contributed by atoms with Crippen LogP contribution in [0.4, 0.5) is 15.8 Å². The van der Waals surface area contributed by atoms with E-state index in [-0.39, 0.29) is 40.3 Å². The maximum Gasteiger partial charge on any atom is 0.265 e. The molecule has 0 saturated carbocycles. The molecule has 2 rings (SSSR count). The van der Waals surface area contributed by atoms with Gasteiger partial charge in [0, 0.05) is 29.1 Å². The molecule has 0 aromatic heterocycles.